The Morgan fingerprint density at radius 1 is 1.28 bits per heavy atom. The maximum atomic E-state index is 13.0. The second-order valence-electron chi connectivity index (χ2n) is 7.17. The third-order valence-corrected chi connectivity index (χ3v) is 3.67. The van der Waals surface area contributed by atoms with E-state index >= 15 is 0 Å². The van der Waals surface area contributed by atoms with Gasteiger partial charge in [0.15, 0.2) is 0 Å². The Bertz CT molecular complexity index is 990. The first-order chi connectivity index (χ1) is 13.5. The highest BCUT2D eigenvalue weighted by molar-refractivity contribution is 6.21. The second kappa shape index (κ2) is 7.78. The van der Waals surface area contributed by atoms with Crippen molar-refractivity contribution in [3.63, 3.8) is 0 Å². The summed E-state index contributed by atoms with van der Waals surface area (Å²) < 4.78 is 37.2. The molecule has 0 aliphatic heterocycles. The molecule has 1 amide bonds. The van der Waals surface area contributed by atoms with E-state index in [4.69, 9.17) is 16.3 Å². The van der Waals surface area contributed by atoms with Crippen LogP contribution in [0.5, 0.6) is 0 Å². The van der Waals surface area contributed by atoms with Crippen molar-refractivity contribution in [1.29, 1.82) is 0 Å². The molecule has 29 heavy (non-hydrogen) atoms. The van der Waals surface area contributed by atoms with E-state index < -0.39 is 23.0 Å². The second-order valence-corrected chi connectivity index (χ2v) is 7.65. The first-order valence-corrected chi connectivity index (χ1v) is 8.90. The van der Waals surface area contributed by atoms with Crippen LogP contribution in [0.3, 0.4) is 0 Å². The van der Waals surface area contributed by atoms with Crippen LogP contribution < -0.4 is 5.32 Å². The lowest BCUT2D eigenvalue weighted by molar-refractivity contribution is 0.0550. The normalized spacial score (nSPS) is 12.1. The quantitative estimate of drug-likeness (QED) is 0.599. The van der Waals surface area contributed by atoms with Gasteiger partial charge in [-0.1, -0.05) is 29.4 Å². The van der Waals surface area contributed by atoms with Crippen LogP contribution in [0.1, 0.15) is 32.2 Å². The van der Waals surface area contributed by atoms with Crippen molar-refractivity contribution >= 4 is 23.4 Å². The van der Waals surface area contributed by atoms with E-state index in [9.17, 15) is 13.6 Å². The molecule has 0 atom stereocenters. The number of halogens is 3. The van der Waals surface area contributed by atoms with Crippen molar-refractivity contribution in [3.8, 4) is 11.4 Å². The van der Waals surface area contributed by atoms with E-state index in [0.717, 1.165) is 5.56 Å². The lowest BCUT2D eigenvalue weighted by Gasteiger charge is -2.19. The molecule has 0 aliphatic rings. The van der Waals surface area contributed by atoms with Crippen LogP contribution in [-0.4, -0.2) is 31.6 Å². The van der Waals surface area contributed by atoms with Gasteiger partial charge in [0.05, 0.1) is 18.4 Å². The van der Waals surface area contributed by atoms with Crippen LogP contribution in [-0.2, 0) is 16.7 Å². The zero-order valence-corrected chi connectivity index (χ0v) is 16.6. The van der Waals surface area contributed by atoms with E-state index in [-0.39, 0.29) is 5.82 Å². The van der Waals surface area contributed by atoms with Gasteiger partial charge in [0.2, 0.25) is 5.82 Å². The number of hydrogen-bond acceptors (Lipinski definition) is 6. The zero-order chi connectivity index (χ0) is 21.2. The average Bonchev–Trinajstić information content (AvgIpc) is 3.23. The van der Waals surface area contributed by atoms with Gasteiger partial charge in [0.25, 0.3) is 0 Å². The predicted molar refractivity (Wildman–Crippen MR) is 101 cm³/mol. The summed E-state index contributed by atoms with van der Waals surface area (Å²) in [4.78, 5) is 15.4. The largest absolute Gasteiger partial charge is 0.444 e. The molecular formula is C18H18ClF2N5O3. The average molecular weight is 426 g/mol. The lowest BCUT2D eigenvalue weighted by Crippen LogP contribution is -2.27. The summed E-state index contributed by atoms with van der Waals surface area (Å²) in [6.07, 6.45) is 2.60. The molecular weight excluding hydrogens is 408 g/mol. The van der Waals surface area contributed by atoms with E-state index in [0.29, 0.717) is 17.8 Å². The number of rotatable bonds is 5. The third-order valence-electron chi connectivity index (χ3n) is 3.50. The van der Waals surface area contributed by atoms with Crippen LogP contribution >= 0.6 is 11.6 Å². The zero-order valence-electron chi connectivity index (χ0n) is 15.8. The molecule has 2 heterocycles. The molecule has 1 N–H and O–H groups in total. The Balaban J connectivity index is 1.62. The number of aromatic nitrogens is 4. The van der Waals surface area contributed by atoms with Crippen LogP contribution in [0.15, 0.2) is 41.2 Å². The first-order valence-electron chi connectivity index (χ1n) is 8.52. The van der Waals surface area contributed by atoms with Crippen molar-refractivity contribution in [2.75, 3.05) is 5.32 Å². The highest BCUT2D eigenvalue weighted by Crippen LogP contribution is 2.32. The number of alkyl halides is 3. The summed E-state index contributed by atoms with van der Waals surface area (Å²) >= 11 is 4.87. The van der Waals surface area contributed by atoms with Gasteiger partial charge < -0.3 is 9.26 Å². The predicted octanol–water partition coefficient (Wildman–Crippen LogP) is 4.62. The minimum atomic E-state index is -3.71. The van der Waals surface area contributed by atoms with Crippen LogP contribution in [0.2, 0.25) is 0 Å². The van der Waals surface area contributed by atoms with Crippen LogP contribution in [0, 0.1) is 0 Å². The number of carbonyl (C=O) groups is 1. The molecule has 2 aromatic heterocycles. The van der Waals surface area contributed by atoms with E-state index in [1.807, 2.05) is 0 Å². The van der Waals surface area contributed by atoms with Crippen molar-refractivity contribution in [2.45, 2.75) is 38.3 Å². The molecule has 11 heteroatoms. The Morgan fingerprint density at radius 3 is 2.55 bits per heavy atom. The van der Waals surface area contributed by atoms with E-state index in [1.54, 1.807) is 55.9 Å². The smallest absolute Gasteiger partial charge is 0.412 e. The number of anilines is 1. The molecule has 0 fully saturated rings. The number of hydrogen-bond donors (Lipinski definition) is 1. The van der Waals surface area contributed by atoms with Gasteiger partial charge in [-0.3, -0.25) is 10.00 Å². The molecule has 0 saturated heterocycles. The fourth-order valence-corrected chi connectivity index (χ4v) is 2.41. The highest BCUT2D eigenvalue weighted by atomic mass is 35.5. The first kappa shape index (κ1) is 20.7. The number of carbonyl (C=O) groups excluding carboxylic acids is 1. The van der Waals surface area contributed by atoms with Crippen molar-refractivity contribution in [2.24, 2.45) is 0 Å². The fraction of sp³-hybridized carbons (Fsp3) is 0.333. The summed E-state index contributed by atoms with van der Waals surface area (Å²) in [5, 5.41) is 6.58. The van der Waals surface area contributed by atoms with Gasteiger partial charge in [-0.05, 0) is 37.9 Å². The SMILES string of the molecule is CC(C)(C)OC(=O)Nc1cnn(Cc2ccc(-c3noc(C(F)(F)Cl)n3)cc2)c1. The minimum absolute atomic E-state index is 0.00908. The van der Waals surface area contributed by atoms with Gasteiger partial charge in [0.1, 0.15) is 5.60 Å². The molecule has 3 rings (SSSR count). The Morgan fingerprint density at radius 2 is 1.97 bits per heavy atom. The van der Waals surface area contributed by atoms with Crippen molar-refractivity contribution in [3.05, 3.63) is 48.1 Å². The molecule has 8 nitrogen and oxygen atoms in total. The number of amides is 1. The lowest BCUT2D eigenvalue weighted by atomic mass is 10.1. The summed E-state index contributed by atoms with van der Waals surface area (Å²) in [5.41, 5.74) is 1.28. The summed E-state index contributed by atoms with van der Waals surface area (Å²) in [6.45, 7) is 5.75. The van der Waals surface area contributed by atoms with E-state index in [1.165, 1.54) is 6.20 Å². The summed E-state index contributed by atoms with van der Waals surface area (Å²) in [5.74, 6) is -0.949. The monoisotopic (exact) mass is 425 g/mol. The fourth-order valence-electron chi connectivity index (χ4n) is 2.34. The molecule has 3 aromatic rings. The van der Waals surface area contributed by atoms with Gasteiger partial charge in [0, 0.05) is 11.8 Å². The van der Waals surface area contributed by atoms with Crippen molar-refractivity contribution in [1.82, 2.24) is 19.9 Å². The molecule has 0 bridgehead atoms. The van der Waals surface area contributed by atoms with Gasteiger partial charge in [-0.25, -0.2) is 4.79 Å². The maximum absolute atomic E-state index is 13.0. The molecule has 0 radical (unpaired) electrons. The number of nitrogens with zero attached hydrogens (tertiary/aromatic N) is 4. The Kier molecular flexibility index (Phi) is 5.56. The third kappa shape index (κ3) is 5.74. The number of ether oxygens (including phenoxy) is 1. The van der Waals surface area contributed by atoms with Crippen molar-refractivity contribution < 1.29 is 22.8 Å². The van der Waals surface area contributed by atoms with Gasteiger partial charge in [-0.2, -0.15) is 18.9 Å². The number of nitrogens with one attached hydrogen (secondary N) is 1. The Labute approximate surface area is 169 Å². The standard InChI is InChI=1S/C18H18ClF2N5O3/c1-17(2,3)28-16(27)23-13-8-22-26(10-13)9-11-4-6-12(7-5-11)14-24-15(29-25-14)18(19,20)21/h4-8,10H,9H2,1-3H3,(H,23,27). The van der Waals surface area contributed by atoms with Crippen LogP contribution in [0.25, 0.3) is 11.4 Å². The topological polar surface area (TPSA) is 95.1 Å². The molecule has 0 saturated carbocycles. The minimum Gasteiger partial charge on any atom is -0.444 e. The van der Waals surface area contributed by atoms with Crippen LogP contribution in [0.4, 0.5) is 19.3 Å². The van der Waals surface area contributed by atoms with E-state index in [2.05, 4.69) is 25.1 Å². The molecule has 1 aromatic carbocycles. The summed E-state index contributed by atoms with van der Waals surface area (Å²) in [7, 11) is 0. The molecule has 0 unspecified atom stereocenters. The molecule has 154 valence electrons. The Hall–Kier alpha value is -3.01. The van der Waals surface area contributed by atoms with Gasteiger partial charge >= 0.3 is 17.4 Å². The molecule has 0 spiro atoms. The highest BCUT2D eigenvalue weighted by Gasteiger charge is 2.35. The molecule has 0 aliphatic carbocycles. The number of benzene rings is 1. The van der Waals surface area contributed by atoms with Gasteiger partial charge in [-0.15, -0.1) is 0 Å². The summed E-state index contributed by atoms with van der Waals surface area (Å²) in [6, 6.07) is 6.87. The maximum Gasteiger partial charge on any atom is 0.412 e.